The van der Waals surface area contributed by atoms with Gasteiger partial charge in [-0.05, 0) is 40.4 Å². The number of para-hydroxylation sites is 1. The zero-order chi connectivity index (χ0) is 31.6. The molecule has 0 spiro atoms. The lowest BCUT2D eigenvalue weighted by molar-refractivity contribution is 0.669. The van der Waals surface area contributed by atoms with E-state index < -0.39 is 0 Å². The largest absolute Gasteiger partial charge is 0.456 e. The van der Waals surface area contributed by atoms with E-state index in [9.17, 15) is 0 Å². The Morgan fingerprint density at radius 3 is 1.98 bits per heavy atom. The van der Waals surface area contributed by atoms with Gasteiger partial charge in [-0.3, -0.25) is 0 Å². The number of nitrogens with zero attached hydrogens (tertiary/aromatic N) is 4. The van der Waals surface area contributed by atoms with Crippen LogP contribution in [0.3, 0.4) is 0 Å². The molecule has 0 amide bonds. The van der Waals surface area contributed by atoms with E-state index in [-0.39, 0.29) is 0 Å². The average molecular weight is 633 g/mol. The summed E-state index contributed by atoms with van der Waals surface area (Å²) in [5.74, 6) is 1.79. The first-order valence-corrected chi connectivity index (χ1v) is 16.6. The van der Waals surface area contributed by atoms with Crippen LogP contribution < -0.4 is 0 Å². The van der Waals surface area contributed by atoms with Crippen molar-refractivity contribution in [3.63, 3.8) is 0 Å². The van der Waals surface area contributed by atoms with Crippen molar-refractivity contribution in [1.29, 1.82) is 0 Å². The highest BCUT2D eigenvalue weighted by Crippen LogP contribution is 2.40. The van der Waals surface area contributed by atoms with Crippen LogP contribution in [0.15, 0.2) is 150 Å². The smallest absolute Gasteiger partial charge is 0.164 e. The molecule has 6 heteroatoms. The molecule has 0 saturated carbocycles. The zero-order valence-electron chi connectivity index (χ0n) is 25.5. The summed E-state index contributed by atoms with van der Waals surface area (Å²) in [6.07, 6.45) is 0. The third-order valence-corrected chi connectivity index (χ3v) is 10.1. The lowest BCUT2D eigenvalue weighted by atomic mass is 10.0. The fourth-order valence-corrected chi connectivity index (χ4v) is 7.81. The molecular formula is C42H24N4OS. The van der Waals surface area contributed by atoms with E-state index >= 15 is 0 Å². The Balaban J connectivity index is 1.22. The lowest BCUT2D eigenvalue weighted by Crippen LogP contribution is -2.01. The summed E-state index contributed by atoms with van der Waals surface area (Å²) in [7, 11) is 0. The average Bonchev–Trinajstić information content (AvgIpc) is 3.77. The molecule has 10 rings (SSSR count). The number of furan rings is 1. The van der Waals surface area contributed by atoms with Gasteiger partial charge < -0.3 is 4.42 Å². The van der Waals surface area contributed by atoms with Crippen LogP contribution in [-0.2, 0) is 0 Å². The van der Waals surface area contributed by atoms with E-state index in [1.807, 2.05) is 42.5 Å². The highest BCUT2D eigenvalue weighted by atomic mass is 32.1. The molecule has 0 atom stereocenters. The van der Waals surface area contributed by atoms with Gasteiger partial charge in [0.25, 0.3) is 0 Å². The van der Waals surface area contributed by atoms with Crippen LogP contribution in [0.4, 0.5) is 0 Å². The molecule has 3 heterocycles. The van der Waals surface area contributed by atoms with Gasteiger partial charge in [0.15, 0.2) is 17.5 Å². The van der Waals surface area contributed by atoms with Crippen molar-refractivity contribution in [3.8, 4) is 44.7 Å². The van der Waals surface area contributed by atoms with Crippen molar-refractivity contribution in [1.82, 2.24) is 19.9 Å². The Bertz CT molecular complexity index is 2870. The van der Waals surface area contributed by atoms with E-state index in [2.05, 4.69) is 103 Å². The van der Waals surface area contributed by atoms with E-state index in [1.165, 1.54) is 20.9 Å². The molecule has 7 aromatic carbocycles. The maximum atomic E-state index is 6.25. The van der Waals surface area contributed by atoms with Crippen LogP contribution >= 0.6 is 11.3 Å². The first kappa shape index (κ1) is 26.9. The summed E-state index contributed by atoms with van der Waals surface area (Å²) >= 11 is 1.70. The summed E-state index contributed by atoms with van der Waals surface area (Å²) in [4.78, 5) is 20.6. The Morgan fingerprint density at radius 1 is 0.438 bits per heavy atom. The summed E-state index contributed by atoms with van der Waals surface area (Å²) < 4.78 is 7.42. The minimum Gasteiger partial charge on any atom is -0.456 e. The SMILES string of the molecule is c1ccc(-c2nc3ccc4ccccc4c3s2)c(-c2nc(-c3ccc4ccccc4c3)nc(-c3cccc4oc5ccccc5c34)n2)c1. The Kier molecular flexibility index (Phi) is 5.98. The summed E-state index contributed by atoms with van der Waals surface area (Å²) in [6, 6.07) is 49.9. The molecular weight excluding hydrogens is 609 g/mol. The molecule has 3 aromatic heterocycles. The fourth-order valence-electron chi connectivity index (χ4n) is 6.67. The Hall–Kier alpha value is -6.24. The normalized spacial score (nSPS) is 11.8. The summed E-state index contributed by atoms with van der Waals surface area (Å²) in [5.41, 5.74) is 6.31. The predicted molar refractivity (Wildman–Crippen MR) is 197 cm³/mol. The second-order valence-corrected chi connectivity index (χ2v) is 12.8. The molecule has 10 aromatic rings. The monoisotopic (exact) mass is 632 g/mol. The molecule has 0 saturated heterocycles. The molecule has 0 radical (unpaired) electrons. The number of thiazole rings is 1. The number of benzene rings is 7. The molecule has 48 heavy (non-hydrogen) atoms. The van der Waals surface area contributed by atoms with Gasteiger partial charge >= 0.3 is 0 Å². The second kappa shape index (κ2) is 10.7. The first-order valence-electron chi connectivity index (χ1n) is 15.8. The quantitative estimate of drug-likeness (QED) is 0.193. The zero-order valence-corrected chi connectivity index (χ0v) is 26.3. The van der Waals surface area contributed by atoms with Gasteiger partial charge in [-0.2, -0.15) is 0 Å². The summed E-state index contributed by atoms with van der Waals surface area (Å²) in [5, 5.41) is 7.64. The minimum atomic E-state index is 0.588. The van der Waals surface area contributed by atoms with Crippen molar-refractivity contribution >= 4 is 65.0 Å². The highest BCUT2D eigenvalue weighted by Gasteiger charge is 2.20. The molecule has 0 N–H and O–H groups in total. The number of rotatable bonds is 4. The van der Waals surface area contributed by atoms with Crippen LogP contribution in [0.5, 0.6) is 0 Å². The number of hydrogen-bond donors (Lipinski definition) is 0. The predicted octanol–water partition coefficient (Wildman–Crippen LogP) is 11.4. The van der Waals surface area contributed by atoms with Gasteiger partial charge in [-0.1, -0.05) is 121 Å². The Labute approximate surface area is 278 Å². The fraction of sp³-hybridized carbons (Fsp3) is 0. The van der Waals surface area contributed by atoms with Gasteiger partial charge in [0.1, 0.15) is 16.2 Å². The maximum absolute atomic E-state index is 6.25. The van der Waals surface area contributed by atoms with Gasteiger partial charge in [0.2, 0.25) is 0 Å². The highest BCUT2D eigenvalue weighted by molar-refractivity contribution is 7.22. The maximum Gasteiger partial charge on any atom is 0.164 e. The first-order chi connectivity index (χ1) is 23.8. The van der Waals surface area contributed by atoms with E-state index in [0.29, 0.717) is 17.5 Å². The van der Waals surface area contributed by atoms with Crippen LogP contribution in [0.25, 0.3) is 98.4 Å². The standard InChI is InChI=1S/C42H24N4OS/c1-2-12-27-24-28(21-20-25(27)10-1)39-44-40(46-41(45-39)33-17-9-19-36-37(33)32-16-7-8-18-35(32)47-36)30-14-5-6-15-31(30)42-43-34-23-22-26-11-3-4-13-29(26)38(34)48-42/h1-24H. The van der Waals surface area contributed by atoms with Crippen molar-refractivity contribution < 1.29 is 4.42 Å². The number of aromatic nitrogens is 4. The van der Waals surface area contributed by atoms with Crippen LogP contribution in [0.1, 0.15) is 0 Å². The van der Waals surface area contributed by atoms with Crippen molar-refractivity contribution in [2.45, 2.75) is 0 Å². The second-order valence-electron chi connectivity index (χ2n) is 11.8. The molecule has 0 unspecified atom stereocenters. The molecule has 0 bridgehead atoms. The van der Waals surface area contributed by atoms with Crippen molar-refractivity contribution in [2.24, 2.45) is 0 Å². The third-order valence-electron chi connectivity index (χ3n) is 8.96. The topological polar surface area (TPSA) is 64.7 Å². The van der Waals surface area contributed by atoms with E-state index in [4.69, 9.17) is 24.4 Å². The number of hydrogen-bond acceptors (Lipinski definition) is 6. The molecule has 5 nitrogen and oxygen atoms in total. The molecule has 0 aliphatic heterocycles. The van der Waals surface area contributed by atoms with Gasteiger partial charge in [-0.15, -0.1) is 11.3 Å². The van der Waals surface area contributed by atoms with E-state index in [1.54, 1.807) is 11.3 Å². The minimum absolute atomic E-state index is 0.588. The van der Waals surface area contributed by atoms with Gasteiger partial charge in [0.05, 0.1) is 10.2 Å². The third kappa shape index (κ3) is 4.31. The van der Waals surface area contributed by atoms with Gasteiger partial charge in [-0.25, -0.2) is 19.9 Å². The molecule has 0 aliphatic carbocycles. The van der Waals surface area contributed by atoms with E-state index in [0.717, 1.165) is 60.1 Å². The van der Waals surface area contributed by atoms with Crippen LogP contribution in [0.2, 0.25) is 0 Å². The van der Waals surface area contributed by atoms with Crippen molar-refractivity contribution in [2.75, 3.05) is 0 Å². The molecule has 224 valence electrons. The van der Waals surface area contributed by atoms with Crippen molar-refractivity contribution in [3.05, 3.63) is 146 Å². The number of fused-ring (bicyclic) bond motifs is 7. The van der Waals surface area contributed by atoms with Gasteiger partial charge in [0, 0.05) is 38.4 Å². The Morgan fingerprint density at radius 2 is 1.08 bits per heavy atom. The lowest BCUT2D eigenvalue weighted by Gasteiger charge is -2.11. The molecule has 0 fully saturated rings. The van der Waals surface area contributed by atoms with Crippen LogP contribution in [0, 0.1) is 0 Å². The molecule has 0 aliphatic rings. The van der Waals surface area contributed by atoms with Crippen LogP contribution in [-0.4, -0.2) is 19.9 Å². The summed E-state index contributed by atoms with van der Waals surface area (Å²) in [6.45, 7) is 0.